The SMILES string of the molecule is Clc1cc(-c2nc(-c3ccccc3)cc(-c3ccccc3)n2)cc(C2c3ccccc3-c3ccccc32)c1. The smallest absolute Gasteiger partial charge is 0.160 e. The maximum Gasteiger partial charge on any atom is 0.160 e. The standard InChI is InChI=1S/C35H23ClN2/c36-27-20-25(34-30-17-9-7-15-28(30)29-16-8-10-18-31(29)34)19-26(21-27)35-37-32(23-11-3-1-4-12-23)22-33(38-35)24-13-5-2-6-14-24/h1-22,34H. The lowest BCUT2D eigenvalue weighted by Crippen LogP contribution is -2.01. The topological polar surface area (TPSA) is 25.8 Å². The number of hydrogen-bond acceptors (Lipinski definition) is 2. The number of halogens is 1. The molecule has 0 bridgehead atoms. The lowest BCUT2D eigenvalue weighted by atomic mass is 9.88. The van der Waals surface area contributed by atoms with Gasteiger partial charge in [-0.25, -0.2) is 9.97 Å². The summed E-state index contributed by atoms with van der Waals surface area (Å²) in [5.74, 6) is 0.763. The number of nitrogens with zero attached hydrogens (tertiary/aromatic N) is 2. The third kappa shape index (κ3) is 4.00. The second-order valence-corrected chi connectivity index (χ2v) is 10.0. The van der Waals surface area contributed by atoms with Crippen LogP contribution < -0.4 is 0 Å². The molecule has 1 aliphatic carbocycles. The van der Waals surface area contributed by atoms with Gasteiger partial charge < -0.3 is 0 Å². The Hall–Kier alpha value is -4.53. The Morgan fingerprint density at radius 3 is 1.53 bits per heavy atom. The zero-order valence-electron chi connectivity index (χ0n) is 20.6. The zero-order chi connectivity index (χ0) is 25.5. The molecule has 0 fully saturated rings. The summed E-state index contributed by atoms with van der Waals surface area (Å²) in [5, 5.41) is 0.675. The van der Waals surface area contributed by atoms with Gasteiger partial charge in [0.1, 0.15) is 0 Å². The Morgan fingerprint density at radius 1 is 0.474 bits per heavy atom. The van der Waals surface area contributed by atoms with Gasteiger partial charge in [0.2, 0.25) is 0 Å². The molecule has 1 aliphatic rings. The molecule has 0 radical (unpaired) electrons. The van der Waals surface area contributed by atoms with Gasteiger partial charge in [-0.1, -0.05) is 121 Å². The van der Waals surface area contributed by atoms with E-state index in [1.807, 2.05) is 42.5 Å². The molecule has 0 amide bonds. The minimum absolute atomic E-state index is 0.103. The number of rotatable bonds is 4. The highest BCUT2D eigenvalue weighted by molar-refractivity contribution is 6.31. The molecular formula is C35H23ClN2. The first-order chi connectivity index (χ1) is 18.7. The van der Waals surface area contributed by atoms with Gasteiger partial charge in [0, 0.05) is 27.6 Å². The van der Waals surface area contributed by atoms with Crippen LogP contribution in [-0.4, -0.2) is 9.97 Å². The van der Waals surface area contributed by atoms with E-state index in [9.17, 15) is 0 Å². The second-order valence-electron chi connectivity index (χ2n) is 9.57. The van der Waals surface area contributed by atoms with Gasteiger partial charge in [0.05, 0.1) is 11.4 Å². The van der Waals surface area contributed by atoms with Crippen molar-refractivity contribution < 1.29 is 0 Å². The fourth-order valence-corrected chi connectivity index (χ4v) is 5.76. The van der Waals surface area contributed by atoms with E-state index in [1.54, 1.807) is 0 Å². The van der Waals surface area contributed by atoms with Crippen LogP contribution in [0.4, 0.5) is 0 Å². The normalized spacial score (nSPS) is 12.2. The number of aromatic nitrogens is 2. The van der Waals surface area contributed by atoms with Crippen molar-refractivity contribution in [2.45, 2.75) is 5.92 Å². The molecule has 6 aromatic rings. The zero-order valence-corrected chi connectivity index (χ0v) is 21.3. The van der Waals surface area contributed by atoms with E-state index in [0.29, 0.717) is 10.8 Å². The minimum Gasteiger partial charge on any atom is -0.228 e. The van der Waals surface area contributed by atoms with Gasteiger partial charge in [-0.05, 0) is 52.1 Å². The van der Waals surface area contributed by atoms with E-state index in [-0.39, 0.29) is 5.92 Å². The summed E-state index contributed by atoms with van der Waals surface area (Å²) in [7, 11) is 0. The van der Waals surface area contributed by atoms with E-state index in [1.165, 1.54) is 22.3 Å². The van der Waals surface area contributed by atoms with E-state index >= 15 is 0 Å². The predicted octanol–water partition coefficient (Wildman–Crippen LogP) is 9.29. The van der Waals surface area contributed by atoms with Gasteiger partial charge in [-0.2, -0.15) is 0 Å². The molecule has 1 aromatic heterocycles. The van der Waals surface area contributed by atoms with Gasteiger partial charge >= 0.3 is 0 Å². The molecule has 5 aromatic carbocycles. The molecule has 38 heavy (non-hydrogen) atoms. The van der Waals surface area contributed by atoms with Crippen LogP contribution in [0.5, 0.6) is 0 Å². The fourth-order valence-electron chi connectivity index (χ4n) is 5.51. The van der Waals surface area contributed by atoms with Gasteiger partial charge in [0.25, 0.3) is 0 Å². The van der Waals surface area contributed by atoms with Crippen molar-refractivity contribution in [1.29, 1.82) is 0 Å². The summed E-state index contributed by atoms with van der Waals surface area (Å²) in [4.78, 5) is 10.1. The summed E-state index contributed by atoms with van der Waals surface area (Å²) in [6.45, 7) is 0. The first kappa shape index (κ1) is 22.7. The van der Waals surface area contributed by atoms with Crippen molar-refractivity contribution >= 4 is 11.6 Å². The van der Waals surface area contributed by atoms with Gasteiger partial charge in [0.15, 0.2) is 5.82 Å². The molecule has 0 spiro atoms. The Kier molecular flexibility index (Phi) is 5.61. The monoisotopic (exact) mass is 506 g/mol. The average molecular weight is 507 g/mol. The van der Waals surface area contributed by atoms with Crippen LogP contribution in [0.3, 0.4) is 0 Å². The van der Waals surface area contributed by atoms with Crippen LogP contribution in [0, 0.1) is 0 Å². The summed E-state index contributed by atoms with van der Waals surface area (Å²) >= 11 is 6.79. The molecule has 0 unspecified atom stereocenters. The summed E-state index contributed by atoms with van der Waals surface area (Å²) in [6, 6.07) is 46.1. The highest BCUT2D eigenvalue weighted by Gasteiger charge is 2.30. The quantitative estimate of drug-likeness (QED) is 0.237. The summed E-state index contributed by atoms with van der Waals surface area (Å²) in [6.07, 6.45) is 0. The van der Waals surface area contributed by atoms with Crippen LogP contribution in [0.1, 0.15) is 22.6 Å². The molecule has 7 rings (SSSR count). The first-order valence-corrected chi connectivity index (χ1v) is 13.1. The largest absolute Gasteiger partial charge is 0.228 e. The molecular weight excluding hydrogens is 484 g/mol. The highest BCUT2D eigenvalue weighted by atomic mass is 35.5. The maximum absolute atomic E-state index is 6.79. The second kappa shape index (κ2) is 9.41. The Bertz CT molecular complexity index is 1670. The highest BCUT2D eigenvalue weighted by Crippen LogP contribution is 2.48. The van der Waals surface area contributed by atoms with E-state index in [0.717, 1.165) is 33.6 Å². The summed E-state index contributed by atoms with van der Waals surface area (Å²) in [5.41, 5.74) is 11.1. The van der Waals surface area contributed by atoms with Crippen LogP contribution >= 0.6 is 11.6 Å². The third-order valence-electron chi connectivity index (χ3n) is 7.21. The molecule has 0 saturated heterocycles. The molecule has 180 valence electrons. The minimum atomic E-state index is 0.103. The van der Waals surface area contributed by atoms with Crippen molar-refractivity contribution in [3.63, 3.8) is 0 Å². The van der Waals surface area contributed by atoms with E-state index in [4.69, 9.17) is 21.6 Å². The lowest BCUT2D eigenvalue weighted by molar-refractivity contribution is 1.01. The van der Waals surface area contributed by atoms with Crippen molar-refractivity contribution in [3.05, 3.63) is 155 Å². The Labute approximate surface area is 227 Å². The Balaban J connectivity index is 1.41. The number of benzene rings is 5. The van der Waals surface area contributed by atoms with Crippen molar-refractivity contribution in [1.82, 2.24) is 9.97 Å². The van der Waals surface area contributed by atoms with E-state index in [2.05, 4.69) is 91.0 Å². The molecule has 2 nitrogen and oxygen atoms in total. The molecule has 0 N–H and O–H groups in total. The number of hydrogen-bond donors (Lipinski definition) is 0. The van der Waals surface area contributed by atoms with Gasteiger partial charge in [-0.15, -0.1) is 0 Å². The average Bonchev–Trinajstić information content (AvgIpc) is 3.32. The van der Waals surface area contributed by atoms with Crippen LogP contribution in [0.25, 0.3) is 45.0 Å². The maximum atomic E-state index is 6.79. The Morgan fingerprint density at radius 2 is 0.974 bits per heavy atom. The predicted molar refractivity (Wildman–Crippen MR) is 156 cm³/mol. The van der Waals surface area contributed by atoms with Crippen molar-refractivity contribution in [3.8, 4) is 45.0 Å². The molecule has 3 heteroatoms. The fraction of sp³-hybridized carbons (Fsp3) is 0.0286. The van der Waals surface area contributed by atoms with Gasteiger partial charge in [-0.3, -0.25) is 0 Å². The third-order valence-corrected chi connectivity index (χ3v) is 7.43. The molecule has 1 heterocycles. The van der Waals surface area contributed by atoms with Crippen molar-refractivity contribution in [2.75, 3.05) is 0 Å². The molecule has 0 aliphatic heterocycles. The van der Waals surface area contributed by atoms with Crippen molar-refractivity contribution in [2.24, 2.45) is 0 Å². The first-order valence-electron chi connectivity index (χ1n) is 12.7. The molecule has 0 saturated carbocycles. The lowest BCUT2D eigenvalue weighted by Gasteiger charge is -2.17. The van der Waals surface area contributed by atoms with Crippen LogP contribution in [0.15, 0.2) is 133 Å². The van der Waals surface area contributed by atoms with Crippen LogP contribution in [0.2, 0.25) is 5.02 Å². The number of fused-ring (bicyclic) bond motifs is 3. The molecule has 0 atom stereocenters. The van der Waals surface area contributed by atoms with Crippen LogP contribution in [-0.2, 0) is 0 Å². The van der Waals surface area contributed by atoms with E-state index < -0.39 is 0 Å². The summed E-state index contributed by atoms with van der Waals surface area (Å²) < 4.78 is 0.